The van der Waals surface area contributed by atoms with Crippen LogP contribution in [-0.4, -0.2) is 27.6 Å². The summed E-state index contributed by atoms with van der Waals surface area (Å²) in [7, 11) is 0. The summed E-state index contributed by atoms with van der Waals surface area (Å²) >= 11 is 0. The van der Waals surface area contributed by atoms with Crippen LogP contribution < -0.4 is 4.74 Å². The number of aryl methyl sites for hydroxylation is 4. The van der Waals surface area contributed by atoms with E-state index in [4.69, 9.17) is 19.5 Å². The van der Waals surface area contributed by atoms with Gasteiger partial charge in [-0.1, -0.05) is 80.7 Å². The molecule has 8 rings (SSSR count). The number of hydrogen-bond donors (Lipinski definition) is 0. The van der Waals surface area contributed by atoms with Gasteiger partial charge < -0.3 is 14.0 Å². The maximum absolute atomic E-state index is 6.50. The first kappa shape index (κ1) is 32.3. The van der Waals surface area contributed by atoms with Crippen LogP contribution in [0.25, 0.3) is 27.6 Å². The molecule has 6 heteroatoms. The molecule has 0 N–H and O–H groups in total. The third kappa shape index (κ3) is 5.77. The van der Waals surface area contributed by atoms with E-state index in [-0.39, 0.29) is 38.6 Å². The fourth-order valence-electron chi connectivity index (χ4n) is 7.04. The Morgan fingerprint density at radius 2 is 1.56 bits per heavy atom. The Labute approximate surface area is 297 Å². The number of rotatable bonds is 4. The molecule has 0 bridgehead atoms. The van der Waals surface area contributed by atoms with Crippen molar-refractivity contribution >= 4 is 27.7 Å². The normalized spacial score (nSPS) is 17.0. The van der Waals surface area contributed by atoms with Crippen LogP contribution in [0.2, 0.25) is 0 Å². The summed E-state index contributed by atoms with van der Waals surface area (Å²) in [6.07, 6.45) is 3.72. The number of fused-ring (bicyclic) bond motifs is 5. The Morgan fingerprint density at radius 3 is 2.33 bits per heavy atom. The Balaban J connectivity index is 0.00000364. The molecule has 0 saturated carbocycles. The summed E-state index contributed by atoms with van der Waals surface area (Å²) in [4.78, 5) is 9.87. The van der Waals surface area contributed by atoms with Gasteiger partial charge in [-0.15, -0.1) is 29.1 Å². The van der Waals surface area contributed by atoms with Gasteiger partial charge in [-0.3, -0.25) is 4.99 Å². The molecule has 6 aromatic rings. The topological polar surface area (TPSA) is 48.6 Å². The molecule has 0 spiro atoms. The van der Waals surface area contributed by atoms with Gasteiger partial charge in [0.25, 0.3) is 0 Å². The van der Waals surface area contributed by atoms with E-state index in [1.165, 1.54) is 38.8 Å². The molecule has 0 radical (unpaired) electrons. The third-order valence-corrected chi connectivity index (χ3v) is 9.73. The molecule has 0 unspecified atom stereocenters. The molecule has 2 aromatic heterocycles. The monoisotopic (exact) mass is 812 g/mol. The number of aliphatic imine (C=N–C) groups is 1. The second kappa shape index (κ2) is 12.0. The van der Waals surface area contributed by atoms with Gasteiger partial charge >= 0.3 is 21.1 Å². The van der Waals surface area contributed by atoms with Crippen LogP contribution in [0, 0.1) is 39.8 Å². The van der Waals surface area contributed by atoms with Crippen LogP contribution in [0.5, 0.6) is 11.5 Å². The molecular formula is C42H39N3O2Pt. The SMILES string of the molecule is Cc1cc(Oc2[c-]c3c(cc2)c2cc(C)ccc2n3-c2cc(C(C)(C)C)ccn2)[c-]c(C2=N[C@H]3Cc4cc(C)c(C)cc4C[C@@H]3O2)c1.[Pt+2]. The second-order valence-corrected chi connectivity index (χ2v) is 14.4. The van der Waals surface area contributed by atoms with Gasteiger partial charge in [0.2, 0.25) is 0 Å². The molecule has 4 aromatic carbocycles. The number of pyridine rings is 1. The summed E-state index contributed by atoms with van der Waals surface area (Å²) in [6, 6.07) is 30.8. The summed E-state index contributed by atoms with van der Waals surface area (Å²) in [5.74, 6) is 2.74. The number of benzene rings is 4. The van der Waals surface area contributed by atoms with Crippen molar-refractivity contribution in [3.63, 3.8) is 0 Å². The standard InChI is InChI=1S/C42H39N3O2.Pt/c1-24-8-11-37-35(16-24)34-10-9-32(23-38(34)45(37)40-22-31(12-13-43-40)42(5,6)7)46-33-15-25(2)14-30(19-33)41-44-36-20-28-17-26(3)27(4)18-29(28)21-39(36)47-41;/h8-18,22,36,39H,20-21H2,1-7H3;/q-2;+2/t36-,39-;/m0./s1. The van der Waals surface area contributed by atoms with Gasteiger partial charge in [-0.2, -0.15) is 6.07 Å². The Hall–Kier alpha value is -4.21. The predicted octanol–water partition coefficient (Wildman–Crippen LogP) is 9.41. The zero-order valence-corrected chi connectivity index (χ0v) is 30.7. The molecule has 2 atom stereocenters. The first-order valence-electron chi connectivity index (χ1n) is 16.5. The Bertz CT molecular complexity index is 2260. The van der Waals surface area contributed by atoms with Crippen LogP contribution in [-0.2, 0) is 44.1 Å². The minimum Gasteiger partial charge on any atom is -0.514 e. The van der Waals surface area contributed by atoms with Crippen molar-refractivity contribution < 1.29 is 30.5 Å². The van der Waals surface area contributed by atoms with E-state index in [9.17, 15) is 0 Å². The van der Waals surface area contributed by atoms with Crippen molar-refractivity contribution in [1.82, 2.24) is 9.55 Å². The smallest absolute Gasteiger partial charge is 0.514 e. The molecule has 48 heavy (non-hydrogen) atoms. The van der Waals surface area contributed by atoms with E-state index in [1.807, 2.05) is 18.3 Å². The van der Waals surface area contributed by atoms with E-state index in [1.54, 1.807) is 0 Å². The minimum absolute atomic E-state index is 0. The number of ether oxygens (including phenoxy) is 2. The number of nitrogens with zero attached hydrogens (tertiary/aromatic N) is 3. The molecule has 1 aliphatic carbocycles. The molecule has 0 amide bonds. The fourth-order valence-corrected chi connectivity index (χ4v) is 7.04. The molecule has 244 valence electrons. The minimum atomic E-state index is -0.00307. The predicted molar refractivity (Wildman–Crippen MR) is 189 cm³/mol. The van der Waals surface area contributed by atoms with Gasteiger partial charge in [0.1, 0.15) is 17.8 Å². The van der Waals surface area contributed by atoms with Crippen LogP contribution in [0.15, 0.2) is 77.9 Å². The van der Waals surface area contributed by atoms with Crippen LogP contribution >= 0.6 is 0 Å². The van der Waals surface area contributed by atoms with Crippen LogP contribution in [0.4, 0.5) is 0 Å². The van der Waals surface area contributed by atoms with E-state index < -0.39 is 0 Å². The van der Waals surface area contributed by atoms with Gasteiger partial charge in [0.05, 0.1) is 6.04 Å². The molecule has 0 saturated heterocycles. The summed E-state index contributed by atoms with van der Waals surface area (Å²) < 4.78 is 15.2. The molecule has 3 heterocycles. The van der Waals surface area contributed by atoms with Gasteiger partial charge in [0, 0.05) is 29.6 Å². The van der Waals surface area contributed by atoms with Crippen molar-refractivity contribution in [2.75, 3.05) is 0 Å². The maximum atomic E-state index is 6.50. The first-order valence-corrected chi connectivity index (χ1v) is 16.5. The third-order valence-electron chi connectivity index (χ3n) is 9.73. The summed E-state index contributed by atoms with van der Waals surface area (Å²) in [5.41, 5.74) is 11.7. The zero-order valence-electron chi connectivity index (χ0n) is 28.5. The van der Waals surface area contributed by atoms with E-state index in [2.05, 4.69) is 120 Å². The van der Waals surface area contributed by atoms with Gasteiger partial charge in [-0.25, -0.2) is 4.98 Å². The van der Waals surface area contributed by atoms with Crippen molar-refractivity contribution in [3.05, 3.63) is 130 Å². The fraction of sp³-hybridized carbons (Fsp3) is 0.286. The first-order chi connectivity index (χ1) is 22.5. The van der Waals surface area contributed by atoms with E-state index >= 15 is 0 Å². The van der Waals surface area contributed by atoms with Crippen molar-refractivity contribution in [3.8, 4) is 17.3 Å². The average Bonchev–Trinajstić information content (AvgIpc) is 3.58. The second-order valence-electron chi connectivity index (χ2n) is 14.4. The molecule has 5 nitrogen and oxygen atoms in total. The maximum Gasteiger partial charge on any atom is 2.00 e. The molecule has 2 aliphatic rings. The van der Waals surface area contributed by atoms with E-state index in [0.717, 1.165) is 46.2 Å². The largest absolute Gasteiger partial charge is 2.00 e. The van der Waals surface area contributed by atoms with Crippen LogP contribution in [0.3, 0.4) is 0 Å². The number of hydrogen-bond acceptors (Lipinski definition) is 4. The van der Waals surface area contributed by atoms with Crippen molar-refractivity contribution in [2.24, 2.45) is 4.99 Å². The van der Waals surface area contributed by atoms with Gasteiger partial charge in [0.15, 0.2) is 0 Å². The van der Waals surface area contributed by atoms with Crippen molar-refractivity contribution in [2.45, 2.75) is 78.9 Å². The molecule has 0 fully saturated rings. The average molecular weight is 813 g/mol. The Kier molecular flexibility index (Phi) is 8.11. The summed E-state index contributed by atoms with van der Waals surface area (Å²) in [5, 5.41) is 2.27. The van der Waals surface area contributed by atoms with Crippen molar-refractivity contribution in [1.29, 1.82) is 0 Å². The molecular weight excluding hydrogens is 774 g/mol. The zero-order chi connectivity index (χ0) is 32.6. The quantitative estimate of drug-likeness (QED) is 0.167. The molecule has 1 aliphatic heterocycles. The number of aromatic nitrogens is 2. The Morgan fingerprint density at radius 1 is 0.792 bits per heavy atom. The summed E-state index contributed by atoms with van der Waals surface area (Å²) in [6.45, 7) is 15.2. The van der Waals surface area contributed by atoms with Crippen LogP contribution in [0.1, 0.15) is 65.3 Å². The van der Waals surface area contributed by atoms with Gasteiger partial charge in [-0.05, 0) is 84.0 Å². The van der Waals surface area contributed by atoms with E-state index in [0.29, 0.717) is 17.4 Å².